The van der Waals surface area contributed by atoms with Crippen LogP contribution in [0.25, 0.3) is 0 Å². The maximum absolute atomic E-state index is 12.4. The molecular weight excluding hydrogens is 370 g/mol. The maximum atomic E-state index is 12.4. The number of halogens is 1. The van der Waals surface area contributed by atoms with Crippen molar-refractivity contribution in [3.8, 4) is 5.75 Å². The zero-order valence-electron chi connectivity index (χ0n) is 14.9. The molecule has 2 aromatic carbocycles. The second kappa shape index (κ2) is 7.80. The Balaban J connectivity index is 1.69. The van der Waals surface area contributed by atoms with Gasteiger partial charge in [0.1, 0.15) is 5.75 Å². The van der Waals surface area contributed by atoms with E-state index in [2.05, 4.69) is 4.74 Å². The summed E-state index contributed by atoms with van der Waals surface area (Å²) < 4.78 is 9.98. The summed E-state index contributed by atoms with van der Waals surface area (Å²) >= 11 is 6.13. The molecule has 1 amide bonds. The summed E-state index contributed by atoms with van der Waals surface area (Å²) in [6.45, 7) is 2.07. The lowest BCUT2D eigenvalue weighted by atomic mass is 10.1. The first kappa shape index (κ1) is 18.9. The van der Waals surface area contributed by atoms with E-state index < -0.39 is 17.9 Å². The normalized spacial score (nSPS) is 16.3. The van der Waals surface area contributed by atoms with Crippen molar-refractivity contribution in [1.82, 2.24) is 0 Å². The van der Waals surface area contributed by atoms with E-state index >= 15 is 0 Å². The molecule has 0 spiro atoms. The van der Waals surface area contributed by atoms with Crippen molar-refractivity contribution >= 4 is 35.1 Å². The van der Waals surface area contributed by atoms with Gasteiger partial charge in [0.25, 0.3) is 0 Å². The Hall–Kier alpha value is -2.86. The molecule has 6 nitrogen and oxygen atoms in total. The molecule has 1 saturated heterocycles. The van der Waals surface area contributed by atoms with Crippen LogP contribution in [-0.2, 0) is 14.3 Å². The second-order valence-corrected chi connectivity index (χ2v) is 6.63. The predicted octanol–water partition coefficient (Wildman–Crippen LogP) is 3.39. The summed E-state index contributed by atoms with van der Waals surface area (Å²) in [4.78, 5) is 37.8. The van der Waals surface area contributed by atoms with Crippen LogP contribution < -0.4 is 9.64 Å². The van der Waals surface area contributed by atoms with Crippen molar-refractivity contribution in [2.75, 3.05) is 18.6 Å². The number of benzene rings is 2. The van der Waals surface area contributed by atoms with Gasteiger partial charge in [0, 0.05) is 23.7 Å². The molecule has 0 N–H and O–H groups in total. The molecule has 1 heterocycles. The fourth-order valence-corrected chi connectivity index (χ4v) is 3.13. The second-order valence-electron chi connectivity index (χ2n) is 6.23. The third-order valence-electron chi connectivity index (χ3n) is 4.48. The van der Waals surface area contributed by atoms with E-state index in [-0.39, 0.29) is 18.9 Å². The number of carbonyl (C=O) groups excluding carboxylic acids is 3. The lowest BCUT2D eigenvalue weighted by molar-refractivity contribution is -0.139. The molecule has 0 aliphatic carbocycles. The van der Waals surface area contributed by atoms with Crippen LogP contribution in [-0.4, -0.2) is 31.5 Å². The number of methoxy groups -OCH3 is 1. The van der Waals surface area contributed by atoms with Crippen LogP contribution in [0.4, 0.5) is 5.69 Å². The SMILES string of the molecule is COC(=O)c1ccc(OC(=O)[C@@H]2CC(=O)N(c3cccc(Cl)c3C)C2)cc1. The van der Waals surface area contributed by atoms with E-state index in [1.54, 1.807) is 23.1 Å². The van der Waals surface area contributed by atoms with Crippen LogP contribution in [0.1, 0.15) is 22.3 Å². The van der Waals surface area contributed by atoms with Crippen molar-refractivity contribution in [3.63, 3.8) is 0 Å². The summed E-state index contributed by atoms with van der Waals surface area (Å²) in [5.41, 5.74) is 1.85. The summed E-state index contributed by atoms with van der Waals surface area (Å²) in [5, 5.41) is 0.567. The van der Waals surface area contributed by atoms with Gasteiger partial charge in [0.15, 0.2) is 0 Å². The van der Waals surface area contributed by atoms with Gasteiger partial charge in [-0.05, 0) is 48.9 Å². The molecule has 27 heavy (non-hydrogen) atoms. The van der Waals surface area contributed by atoms with Crippen molar-refractivity contribution in [2.24, 2.45) is 5.92 Å². The first-order chi connectivity index (χ1) is 12.9. The minimum atomic E-state index is -0.573. The van der Waals surface area contributed by atoms with E-state index in [1.807, 2.05) is 6.92 Å². The maximum Gasteiger partial charge on any atom is 0.337 e. The number of ether oxygens (including phenoxy) is 2. The highest BCUT2D eigenvalue weighted by molar-refractivity contribution is 6.31. The van der Waals surface area contributed by atoms with Crippen molar-refractivity contribution < 1.29 is 23.9 Å². The molecule has 1 atom stereocenters. The van der Waals surface area contributed by atoms with Gasteiger partial charge >= 0.3 is 11.9 Å². The molecule has 0 bridgehead atoms. The van der Waals surface area contributed by atoms with Crippen LogP contribution in [0, 0.1) is 12.8 Å². The smallest absolute Gasteiger partial charge is 0.337 e. The molecule has 1 fully saturated rings. The molecule has 0 radical (unpaired) electrons. The third kappa shape index (κ3) is 3.95. The highest BCUT2D eigenvalue weighted by Crippen LogP contribution is 2.32. The quantitative estimate of drug-likeness (QED) is 0.594. The molecule has 140 valence electrons. The fraction of sp³-hybridized carbons (Fsp3) is 0.250. The Morgan fingerprint density at radius 2 is 1.85 bits per heavy atom. The zero-order chi connectivity index (χ0) is 19.6. The summed E-state index contributed by atoms with van der Waals surface area (Å²) in [6, 6.07) is 11.4. The van der Waals surface area contributed by atoms with Gasteiger partial charge in [-0.2, -0.15) is 0 Å². The molecule has 1 aliphatic heterocycles. The van der Waals surface area contributed by atoms with Crippen LogP contribution in [0.3, 0.4) is 0 Å². The number of rotatable bonds is 4. The van der Waals surface area contributed by atoms with Gasteiger partial charge in [-0.25, -0.2) is 4.79 Å². The predicted molar refractivity (Wildman–Crippen MR) is 100 cm³/mol. The first-order valence-electron chi connectivity index (χ1n) is 8.36. The van der Waals surface area contributed by atoms with Crippen LogP contribution in [0.2, 0.25) is 5.02 Å². The minimum Gasteiger partial charge on any atom is -0.465 e. The van der Waals surface area contributed by atoms with E-state index in [1.165, 1.54) is 31.4 Å². The standard InChI is InChI=1S/C20H18ClNO5/c1-12-16(21)4-3-5-17(12)22-11-14(10-18(22)23)20(25)27-15-8-6-13(7-9-15)19(24)26-2/h3-9,14H,10-11H2,1-2H3/t14-/m1/s1. The summed E-state index contributed by atoms with van der Waals surface area (Å²) in [7, 11) is 1.29. The van der Waals surface area contributed by atoms with Crippen LogP contribution in [0.15, 0.2) is 42.5 Å². The lowest BCUT2D eigenvalue weighted by Crippen LogP contribution is -2.27. The van der Waals surface area contributed by atoms with E-state index in [0.29, 0.717) is 22.0 Å². The number of esters is 2. The van der Waals surface area contributed by atoms with Crippen LogP contribution >= 0.6 is 11.6 Å². The van der Waals surface area contributed by atoms with Crippen molar-refractivity contribution in [1.29, 1.82) is 0 Å². The molecule has 3 rings (SSSR count). The van der Waals surface area contributed by atoms with Crippen molar-refractivity contribution in [3.05, 3.63) is 58.6 Å². The van der Waals surface area contributed by atoms with Crippen LogP contribution in [0.5, 0.6) is 5.75 Å². The van der Waals surface area contributed by atoms with E-state index in [9.17, 15) is 14.4 Å². The van der Waals surface area contributed by atoms with Crippen molar-refractivity contribution in [2.45, 2.75) is 13.3 Å². The molecule has 1 aliphatic rings. The minimum absolute atomic E-state index is 0.0744. The Labute approximate surface area is 161 Å². The summed E-state index contributed by atoms with van der Waals surface area (Å²) in [6.07, 6.45) is 0.0744. The largest absolute Gasteiger partial charge is 0.465 e. The van der Waals surface area contributed by atoms with Gasteiger partial charge in [-0.3, -0.25) is 9.59 Å². The lowest BCUT2D eigenvalue weighted by Gasteiger charge is -2.19. The Morgan fingerprint density at radius 3 is 2.52 bits per heavy atom. The molecular formula is C20H18ClNO5. The molecule has 7 heteroatoms. The monoisotopic (exact) mass is 387 g/mol. The Kier molecular flexibility index (Phi) is 5.46. The highest BCUT2D eigenvalue weighted by atomic mass is 35.5. The number of carbonyl (C=O) groups is 3. The zero-order valence-corrected chi connectivity index (χ0v) is 15.7. The molecule has 0 saturated carbocycles. The van der Waals surface area contributed by atoms with E-state index in [0.717, 1.165) is 5.56 Å². The molecule has 2 aromatic rings. The number of anilines is 1. The van der Waals surface area contributed by atoms with Gasteiger partial charge in [-0.1, -0.05) is 17.7 Å². The Bertz CT molecular complexity index is 894. The third-order valence-corrected chi connectivity index (χ3v) is 4.89. The number of hydrogen-bond acceptors (Lipinski definition) is 5. The fourth-order valence-electron chi connectivity index (χ4n) is 2.96. The topological polar surface area (TPSA) is 72.9 Å². The molecule has 0 unspecified atom stereocenters. The molecule has 0 aromatic heterocycles. The summed E-state index contributed by atoms with van der Waals surface area (Å²) in [5.74, 6) is -1.38. The first-order valence-corrected chi connectivity index (χ1v) is 8.74. The number of nitrogens with zero attached hydrogens (tertiary/aromatic N) is 1. The van der Waals surface area contributed by atoms with Gasteiger partial charge < -0.3 is 14.4 Å². The number of hydrogen-bond donors (Lipinski definition) is 0. The average molecular weight is 388 g/mol. The van der Waals surface area contributed by atoms with Gasteiger partial charge in [0.05, 0.1) is 18.6 Å². The van der Waals surface area contributed by atoms with E-state index in [4.69, 9.17) is 16.3 Å². The number of amides is 1. The van der Waals surface area contributed by atoms with Gasteiger partial charge in [-0.15, -0.1) is 0 Å². The highest BCUT2D eigenvalue weighted by Gasteiger charge is 2.37. The van der Waals surface area contributed by atoms with Gasteiger partial charge in [0.2, 0.25) is 5.91 Å². The average Bonchev–Trinajstić information content (AvgIpc) is 3.05. The Morgan fingerprint density at radius 1 is 1.15 bits per heavy atom.